The van der Waals surface area contributed by atoms with Gasteiger partial charge in [-0.2, -0.15) is 0 Å². The molecule has 23 atom stereocenters. The number of nitrogens with one attached hydrogen (secondary N) is 2. The molecular formula is C60H97N3O22. The zero-order valence-corrected chi connectivity index (χ0v) is 49.2. The first-order chi connectivity index (χ1) is 40.3. The maximum absolute atomic E-state index is 14.2. The number of amides is 1. The normalized spacial score (nSPS) is 41.7. The van der Waals surface area contributed by atoms with Gasteiger partial charge in [0.15, 0.2) is 12.1 Å². The number of carbonyl (C=O) groups is 2. The Hall–Kier alpha value is -3.72. The first-order valence-electron chi connectivity index (χ1n) is 29.7. The van der Waals surface area contributed by atoms with Gasteiger partial charge in [-0.1, -0.05) is 98.9 Å². The van der Waals surface area contributed by atoms with Gasteiger partial charge in [0, 0.05) is 57.2 Å². The molecule has 4 saturated heterocycles. The third-order valence-corrected chi connectivity index (χ3v) is 16.3. The van der Waals surface area contributed by atoms with Gasteiger partial charge in [-0.05, 0) is 46.1 Å². The molecule has 5 rings (SSSR count). The van der Waals surface area contributed by atoms with Crippen molar-refractivity contribution < 1.29 is 110 Å². The van der Waals surface area contributed by atoms with Crippen molar-refractivity contribution in [3.63, 3.8) is 0 Å². The topological polar surface area (TPSA) is 400 Å². The number of allylic oxidation sites excluding steroid dienone is 12. The van der Waals surface area contributed by atoms with Gasteiger partial charge < -0.3 is 111 Å². The van der Waals surface area contributed by atoms with Crippen LogP contribution >= 0.6 is 0 Å². The summed E-state index contributed by atoms with van der Waals surface area (Å²) in [5.41, 5.74) is 0. The minimum absolute atomic E-state index is 0.130. The van der Waals surface area contributed by atoms with Gasteiger partial charge in [0.25, 0.3) is 0 Å². The van der Waals surface area contributed by atoms with Crippen molar-refractivity contribution in [3.8, 4) is 0 Å². The van der Waals surface area contributed by atoms with E-state index in [4.69, 9.17) is 28.4 Å². The van der Waals surface area contributed by atoms with E-state index in [2.05, 4.69) is 15.5 Å². The number of morpholine rings is 1. The maximum atomic E-state index is 14.2. The monoisotopic (exact) mass is 1210 g/mol. The van der Waals surface area contributed by atoms with Crippen molar-refractivity contribution in [3.05, 3.63) is 85.1 Å². The van der Waals surface area contributed by atoms with E-state index in [9.17, 15) is 81.1 Å². The molecule has 0 aliphatic carbocycles. The number of fused-ring (bicyclic) bond motifs is 2. The fourth-order valence-corrected chi connectivity index (χ4v) is 11.0. The molecule has 0 aromatic rings. The smallest absolute Gasteiger partial charge is 0.308 e. The number of esters is 1. The number of hydrogen-bond donors (Lipinski definition) is 16. The number of hydrogen-bond acceptors (Lipinski definition) is 24. The molecule has 4 unspecified atom stereocenters. The molecule has 5 heterocycles. The highest BCUT2D eigenvalue weighted by atomic mass is 16.7. The Labute approximate surface area is 497 Å². The Balaban J connectivity index is 1.42. The van der Waals surface area contributed by atoms with Crippen molar-refractivity contribution in [2.24, 2.45) is 17.8 Å². The number of aliphatic hydroxyl groups is 14. The van der Waals surface area contributed by atoms with E-state index in [1.807, 2.05) is 13.0 Å². The molecule has 0 aromatic carbocycles. The molecule has 16 N–H and O–H groups in total. The second kappa shape index (κ2) is 35.5. The molecule has 25 nitrogen and oxygen atoms in total. The van der Waals surface area contributed by atoms with E-state index < -0.39 is 184 Å². The first kappa shape index (κ1) is 72.0. The van der Waals surface area contributed by atoms with Gasteiger partial charge in [0.1, 0.15) is 30.5 Å². The second-order valence-corrected chi connectivity index (χ2v) is 23.3. The van der Waals surface area contributed by atoms with Crippen LogP contribution in [0.2, 0.25) is 0 Å². The molecule has 25 heteroatoms. The van der Waals surface area contributed by atoms with Crippen LogP contribution in [0.1, 0.15) is 85.5 Å². The largest absolute Gasteiger partial charge is 0.462 e. The maximum Gasteiger partial charge on any atom is 0.308 e. The van der Waals surface area contributed by atoms with E-state index in [1.165, 1.54) is 13.0 Å². The molecule has 85 heavy (non-hydrogen) atoms. The molecule has 0 spiro atoms. The van der Waals surface area contributed by atoms with Crippen LogP contribution in [0.3, 0.4) is 0 Å². The number of nitrogens with zero attached hydrogens (tertiary/aromatic N) is 1. The number of carbonyl (C=O) groups excluding carboxylic acids is 2. The quantitative estimate of drug-likeness (QED) is 0.0823. The van der Waals surface area contributed by atoms with Gasteiger partial charge >= 0.3 is 5.97 Å². The lowest BCUT2D eigenvalue weighted by atomic mass is 9.82. The van der Waals surface area contributed by atoms with Crippen LogP contribution in [-0.4, -0.2) is 262 Å². The Kier molecular flexibility index (Phi) is 30.1. The number of aliphatic hydroxyl groups excluding tert-OH is 12. The third kappa shape index (κ3) is 23.0. The van der Waals surface area contributed by atoms with E-state index in [0.29, 0.717) is 26.2 Å². The van der Waals surface area contributed by atoms with Crippen LogP contribution in [0.5, 0.6) is 0 Å². The Morgan fingerprint density at radius 1 is 0.671 bits per heavy atom. The van der Waals surface area contributed by atoms with E-state index in [-0.39, 0.29) is 38.1 Å². The van der Waals surface area contributed by atoms with Gasteiger partial charge in [-0.25, -0.2) is 0 Å². The summed E-state index contributed by atoms with van der Waals surface area (Å²) >= 11 is 0. The summed E-state index contributed by atoms with van der Waals surface area (Å²) < 4.78 is 35.0. The molecule has 484 valence electrons. The predicted octanol–water partition coefficient (Wildman–Crippen LogP) is -2.10. The lowest BCUT2D eigenvalue weighted by molar-refractivity contribution is -0.323. The standard InChI is InChI=1S/C60H97N3O22/c1-36-18-15-13-11-9-7-5-6-8-10-12-14-16-19-43(84-58-55(75)51(53(73)39(4)83-58)62-35-60(79)56(76)54(74)47(70)34-81-60)31-48-50(57(77)61-22-17-23-63-24-26-80-27-25-63)46(69)33-59(78,85-48)32-42(66)29-45(68)44(67)21-20-40(64)28-41(65)30-49(71)82-38(3)37(2)52(36)72/h5-16,18-19,36-48,50-56,58,62,64-70,72-76,78-79H,17,20-35H2,1-4H3,(H,61,77)/t36-,37?,38-,39+,40+,41+,42-,43-,44+,45+,46-,47+,48?,50?,51-,52+,53+,54-,55-,56-,58?,59+,60+/m0/s1. The average molecular weight is 1210 g/mol. The fourth-order valence-electron chi connectivity index (χ4n) is 11.0. The molecule has 5 aliphatic rings. The highest BCUT2D eigenvalue weighted by molar-refractivity contribution is 5.80. The van der Waals surface area contributed by atoms with Gasteiger partial charge in [0.2, 0.25) is 11.7 Å². The van der Waals surface area contributed by atoms with Gasteiger partial charge in [0.05, 0.1) is 112 Å². The molecule has 4 fully saturated rings. The van der Waals surface area contributed by atoms with Crippen molar-refractivity contribution >= 4 is 11.9 Å². The zero-order chi connectivity index (χ0) is 62.4. The summed E-state index contributed by atoms with van der Waals surface area (Å²) in [6, 6.07) is -1.34. The molecule has 1 amide bonds. The molecule has 0 radical (unpaired) electrons. The van der Waals surface area contributed by atoms with Gasteiger partial charge in [-0.3, -0.25) is 14.5 Å². The lowest BCUT2D eigenvalue weighted by Gasteiger charge is -2.47. The van der Waals surface area contributed by atoms with E-state index in [1.54, 1.807) is 86.8 Å². The summed E-state index contributed by atoms with van der Waals surface area (Å²) in [6.45, 7) is 8.95. The summed E-state index contributed by atoms with van der Waals surface area (Å²) in [6.07, 6.45) is -2.45. The predicted molar refractivity (Wildman–Crippen MR) is 307 cm³/mol. The summed E-state index contributed by atoms with van der Waals surface area (Å²) in [7, 11) is 0. The van der Waals surface area contributed by atoms with Crippen LogP contribution in [0.15, 0.2) is 85.1 Å². The van der Waals surface area contributed by atoms with Crippen molar-refractivity contribution in [1.29, 1.82) is 0 Å². The SMILES string of the molecule is CC1[C@H](C)OC(=O)C[C@H](O)C[C@H](O)CC[C@@H](O)[C@H](O)C[C@H](O)C[C@]2(O)C[C@H](O)C(C(=O)NCCCN3CCOCC3)C(C[C@@H](OC3O[C@H](C)[C@@H](O)[C@H](NC[C@@]4(O)OC[C@@H](O)[C@H](O)[C@@H]4O)[C@@H]3O)C=CC=CC=CC=CC=CC=CC=C[C@H](C)[C@H]1O)O2. The van der Waals surface area contributed by atoms with Crippen LogP contribution in [0, 0.1) is 17.8 Å². The molecule has 5 aliphatic heterocycles. The summed E-state index contributed by atoms with van der Waals surface area (Å²) in [5, 5.41) is 160. The average Bonchev–Trinajstić information content (AvgIpc) is 3.49. The fraction of sp³-hybridized carbons (Fsp3) is 0.733. The van der Waals surface area contributed by atoms with Crippen molar-refractivity contribution in [2.45, 2.75) is 207 Å². The minimum Gasteiger partial charge on any atom is -0.462 e. The Morgan fingerprint density at radius 2 is 1.29 bits per heavy atom. The number of ether oxygens (including phenoxy) is 6. The van der Waals surface area contributed by atoms with Crippen molar-refractivity contribution in [1.82, 2.24) is 15.5 Å². The molecule has 2 bridgehead atoms. The third-order valence-electron chi connectivity index (χ3n) is 16.3. The summed E-state index contributed by atoms with van der Waals surface area (Å²) in [5.74, 6) is -8.36. The highest BCUT2D eigenvalue weighted by Crippen LogP contribution is 2.39. The van der Waals surface area contributed by atoms with Crippen LogP contribution < -0.4 is 10.6 Å². The highest BCUT2D eigenvalue weighted by Gasteiger charge is 2.53. The van der Waals surface area contributed by atoms with Crippen LogP contribution in [-0.2, 0) is 38.0 Å². The van der Waals surface area contributed by atoms with Crippen molar-refractivity contribution in [2.75, 3.05) is 52.5 Å². The number of rotatable bonds is 10. The molecule has 0 aromatic heterocycles. The Morgan fingerprint density at radius 3 is 1.94 bits per heavy atom. The Bertz CT molecular complexity index is 2210. The minimum atomic E-state index is -2.47. The van der Waals surface area contributed by atoms with E-state index in [0.717, 1.165) is 13.1 Å². The zero-order valence-electron chi connectivity index (χ0n) is 49.2. The molecule has 0 saturated carbocycles. The van der Waals surface area contributed by atoms with Crippen LogP contribution in [0.25, 0.3) is 0 Å². The summed E-state index contributed by atoms with van der Waals surface area (Å²) in [4.78, 5) is 29.2. The number of cyclic esters (lactones) is 1. The lowest BCUT2D eigenvalue weighted by Crippen LogP contribution is -2.69. The first-order valence-corrected chi connectivity index (χ1v) is 29.7. The van der Waals surface area contributed by atoms with Gasteiger partial charge in [-0.15, -0.1) is 0 Å². The molecular weight excluding hydrogens is 1110 g/mol. The van der Waals surface area contributed by atoms with Crippen LogP contribution in [0.4, 0.5) is 0 Å². The second-order valence-electron chi connectivity index (χ2n) is 23.3. The van der Waals surface area contributed by atoms with E-state index >= 15 is 0 Å².